The number of hydrogen-bond donors (Lipinski definition) is 2. The molecule has 0 spiro atoms. The van der Waals surface area contributed by atoms with Gasteiger partial charge in [-0.3, -0.25) is 9.59 Å². The maximum absolute atomic E-state index is 12.7. The van der Waals surface area contributed by atoms with E-state index >= 15 is 0 Å². The lowest BCUT2D eigenvalue weighted by Crippen LogP contribution is -2.32. The summed E-state index contributed by atoms with van der Waals surface area (Å²) in [6.45, 7) is 6.25. The Balaban J connectivity index is 2.01. The summed E-state index contributed by atoms with van der Waals surface area (Å²) in [4.78, 5) is 24.1. The molecule has 2 N–H and O–H groups in total. The van der Waals surface area contributed by atoms with Crippen molar-refractivity contribution in [1.29, 1.82) is 0 Å². The third-order valence-corrected chi connectivity index (χ3v) is 5.14. The predicted molar refractivity (Wildman–Crippen MR) is 117 cm³/mol. The van der Waals surface area contributed by atoms with E-state index in [4.69, 9.17) is 4.74 Å². The van der Waals surface area contributed by atoms with Crippen molar-refractivity contribution in [3.05, 3.63) is 59.7 Å². The summed E-state index contributed by atoms with van der Waals surface area (Å²) >= 11 is 0. The average Bonchev–Trinajstić information content (AvgIpc) is 2.76. The molecule has 0 heterocycles. The number of para-hydroxylation sites is 1. The van der Waals surface area contributed by atoms with Crippen LogP contribution in [-0.4, -0.2) is 25.0 Å². The predicted octanol–water partition coefficient (Wildman–Crippen LogP) is 4.67. The minimum atomic E-state index is -0.562. The van der Waals surface area contributed by atoms with Gasteiger partial charge in [-0.1, -0.05) is 51.1 Å². The van der Waals surface area contributed by atoms with Gasteiger partial charge in [-0.15, -0.1) is 0 Å². The molecule has 2 aromatic rings. The van der Waals surface area contributed by atoms with E-state index in [1.807, 2.05) is 49.4 Å². The van der Waals surface area contributed by atoms with Gasteiger partial charge < -0.3 is 15.4 Å². The van der Waals surface area contributed by atoms with Crippen LogP contribution in [0.2, 0.25) is 0 Å². The van der Waals surface area contributed by atoms with E-state index in [1.165, 1.54) is 0 Å². The molecule has 0 radical (unpaired) electrons. The number of amides is 2. The smallest absolute Gasteiger partial charge is 0.265 e. The first kappa shape index (κ1) is 22.5. The normalized spacial score (nSPS) is 12.7. The Kier molecular flexibility index (Phi) is 8.71. The fourth-order valence-electron chi connectivity index (χ4n) is 3.05. The number of benzene rings is 2. The number of ether oxygens (including phenoxy) is 1. The van der Waals surface area contributed by atoms with Gasteiger partial charge in [-0.25, -0.2) is 0 Å². The second-order valence-corrected chi connectivity index (χ2v) is 7.22. The molecular weight excluding hydrogens is 364 g/mol. The lowest BCUT2D eigenvalue weighted by Gasteiger charge is -2.21. The summed E-state index contributed by atoms with van der Waals surface area (Å²) in [5, 5.41) is 5.55. The highest BCUT2D eigenvalue weighted by molar-refractivity contribution is 5.94. The van der Waals surface area contributed by atoms with Gasteiger partial charge in [-0.05, 0) is 54.5 Å². The van der Waals surface area contributed by atoms with Crippen molar-refractivity contribution in [2.45, 2.75) is 58.5 Å². The van der Waals surface area contributed by atoms with Crippen molar-refractivity contribution in [2.24, 2.45) is 0 Å². The summed E-state index contributed by atoms with van der Waals surface area (Å²) in [6.07, 6.45) is 2.14. The summed E-state index contributed by atoms with van der Waals surface area (Å²) < 4.78 is 6.10. The molecule has 2 amide bonds. The van der Waals surface area contributed by atoms with E-state index in [0.717, 1.165) is 29.0 Å². The van der Waals surface area contributed by atoms with Gasteiger partial charge in [0, 0.05) is 19.2 Å². The van der Waals surface area contributed by atoms with Gasteiger partial charge in [0.1, 0.15) is 5.75 Å². The zero-order valence-electron chi connectivity index (χ0n) is 17.8. The fourth-order valence-corrected chi connectivity index (χ4v) is 3.05. The number of nitrogens with one attached hydrogen (secondary N) is 2. The van der Waals surface area contributed by atoms with E-state index in [0.29, 0.717) is 25.2 Å². The van der Waals surface area contributed by atoms with Crippen LogP contribution in [0.15, 0.2) is 48.5 Å². The third kappa shape index (κ3) is 6.63. The second kappa shape index (κ2) is 11.2. The van der Waals surface area contributed by atoms with E-state index in [-0.39, 0.29) is 11.8 Å². The lowest BCUT2D eigenvalue weighted by molar-refractivity contribution is -0.123. The molecule has 5 nitrogen and oxygen atoms in total. The summed E-state index contributed by atoms with van der Waals surface area (Å²) in [6, 6.07) is 15.5. The van der Waals surface area contributed by atoms with Crippen LogP contribution in [-0.2, 0) is 16.0 Å². The van der Waals surface area contributed by atoms with Crippen molar-refractivity contribution in [1.82, 2.24) is 5.32 Å². The molecular formula is C24H32N2O3. The Morgan fingerprint density at radius 2 is 1.69 bits per heavy atom. The van der Waals surface area contributed by atoms with Crippen LogP contribution in [0.4, 0.5) is 5.69 Å². The highest BCUT2D eigenvalue weighted by atomic mass is 16.5. The molecule has 5 heteroatoms. The molecule has 156 valence electrons. The molecule has 29 heavy (non-hydrogen) atoms. The Hall–Kier alpha value is -2.82. The minimum absolute atomic E-state index is 0.0167. The van der Waals surface area contributed by atoms with Gasteiger partial charge in [0.05, 0.1) is 0 Å². The summed E-state index contributed by atoms with van der Waals surface area (Å²) in [7, 11) is 1.63. The largest absolute Gasteiger partial charge is 0.480 e. The van der Waals surface area contributed by atoms with Crippen molar-refractivity contribution in [2.75, 3.05) is 12.4 Å². The molecule has 0 saturated carbocycles. The van der Waals surface area contributed by atoms with Gasteiger partial charge >= 0.3 is 0 Å². The first-order valence-corrected chi connectivity index (χ1v) is 10.3. The topological polar surface area (TPSA) is 67.4 Å². The molecule has 2 aromatic carbocycles. The molecule has 0 aliphatic carbocycles. The van der Waals surface area contributed by atoms with Gasteiger partial charge in [0.2, 0.25) is 5.91 Å². The monoisotopic (exact) mass is 396 g/mol. The first-order chi connectivity index (χ1) is 14.0. The van der Waals surface area contributed by atoms with Crippen LogP contribution in [0.3, 0.4) is 0 Å². The lowest BCUT2D eigenvalue weighted by atomic mass is 9.98. The standard InChI is InChI=1S/C24H32N2O3/c1-5-17(3)20-9-7-8-10-22(20)29-21(6-2)24(28)26-19-14-11-18(12-15-19)13-16-23(27)25-4/h7-12,14-15,17,21H,5-6,13,16H2,1-4H3,(H,25,27)(H,26,28). The van der Waals surface area contributed by atoms with E-state index in [9.17, 15) is 9.59 Å². The average molecular weight is 397 g/mol. The van der Waals surface area contributed by atoms with Gasteiger partial charge in [0.15, 0.2) is 6.10 Å². The Morgan fingerprint density at radius 1 is 1.00 bits per heavy atom. The number of aryl methyl sites for hydroxylation is 1. The van der Waals surface area contributed by atoms with Gasteiger partial charge in [0.25, 0.3) is 5.91 Å². The third-order valence-electron chi connectivity index (χ3n) is 5.14. The Bertz CT molecular complexity index is 802. The van der Waals surface area contributed by atoms with E-state index in [1.54, 1.807) is 7.05 Å². The highest BCUT2D eigenvalue weighted by Crippen LogP contribution is 2.29. The molecule has 0 aliphatic rings. The maximum Gasteiger partial charge on any atom is 0.265 e. The molecule has 0 aliphatic heterocycles. The van der Waals surface area contributed by atoms with Crippen LogP contribution in [0, 0.1) is 0 Å². The summed E-state index contributed by atoms with van der Waals surface area (Å²) in [5.41, 5.74) is 2.90. The number of rotatable bonds is 10. The zero-order chi connectivity index (χ0) is 21.2. The molecule has 2 rings (SSSR count). The minimum Gasteiger partial charge on any atom is -0.480 e. The fraction of sp³-hybridized carbons (Fsp3) is 0.417. The second-order valence-electron chi connectivity index (χ2n) is 7.22. The van der Waals surface area contributed by atoms with Crippen molar-refractivity contribution in [3.8, 4) is 5.75 Å². The SMILES string of the molecule is CCC(Oc1ccccc1C(C)CC)C(=O)Nc1ccc(CCC(=O)NC)cc1. The van der Waals surface area contributed by atoms with Crippen molar-refractivity contribution < 1.29 is 14.3 Å². The van der Waals surface area contributed by atoms with Crippen LogP contribution in [0.5, 0.6) is 5.75 Å². The molecule has 0 saturated heterocycles. The maximum atomic E-state index is 12.7. The Morgan fingerprint density at radius 3 is 2.31 bits per heavy atom. The van der Waals surface area contributed by atoms with E-state index in [2.05, 4.69) is 30.5 Å². The zero-order valence-corrected chi connectivity index (χ0v) is 17.8. The quantitative estimate of drug-likeness (QED) is 0.613. The molecule has 0 aromatic heterocycles. The molecule has 0 bridgehead atoms. The number of anilines is 1. The van der Waals surface area contributed by atoms with Crippen LogP contribution >= 0.6 is 0 Å². The van der Waals surface area contributed by atoms with Crippen molar-refractivity contribution >= 4 is 17.5 Å². The Labute approximate surface area is 173 Å². The highest BCUT2D eigenvalue weighted by Gasteiger charge is 2.21. The van der Waals surface area contributed by atoms with E-state index < -0.39 is 6.10 Å². The van der Waals surface area contributed by atoms with Crippen LogP contribution in [0.1, 0.15) is 57.1 Å². The van der Waals surface area contributed by atoms with Crippen LogP contribution in [0.25, 0.3) is 0 Å². The summed E-state index contributed by atoms with van der Waals surface area (Å²) in [5.74, 6) is 0.995. The van der Waals surface area contributed by atoms with Gasteiger partial charge in [-0.2, -0.15) is 0 Å². The molecule has 2 unspecified atom stereocenters. The number of carbonyl (C=O) groups excluding carboxylic acids is 2. The van der Waals surface area contributed by atoms with Crippen LogP contribution < -0.4 is 15.4 Å². The molecule has 0 fully saturated rings. The number of carbonyl (C=O) groups is 2. The first-order valence-electron chi connectivity index (χ1n) is 10.3. The number of hydrogen-bond acceptors (Lipinski definition) is 3. The molecule has 2 atom stereocenters. The van der Waals surface area contributed by atoms with Crippen molar-refractivity contribution in [3.63, 3.8) is 0 Å².